The fraction of sp³-hybridized carbons (Fsp3) is 0.0769. The van der Waals surface area contributed by atoms with E-state index in [1.807, 2.05) is 30.3 Å². The first-order chi connectivity index (χ1) is 13.6. The van der Waals surface area contributed by atoms with E-state index in [0.29, 0.717) is 5.56 Å². The van der Waals surface area contributed by atoms with Gasteiger partial charge in [-0.2, -0.15) is 0 Å². The summed E-state index contributed by atoms with van der Waals surface area (Å²) in [7, 11) is 0. The van der Waals surface area contributed by atoms with Crippen LogP contribution in [0.1, 0.15) is 34.0 Å². The Balaban J connectivity index is 2.19. The highest BCUT2D eigenvalue weighted by Crippen LogP contribution is 2.53. The molecular weight excluding hydrogens is 342 g/mol. The van der Waals surface area contributed by atoms with E-state index in [2.05, 4.69) is 60.6 Å². The third-order valence-corrected chi connectivity index (χ3v) is 5.46. The first-order valence-corrected chi connectivity index (χ1v) is 9.27. The number of hydrogen-bond acceptors (Lipinski definition) is 2. The molecule has 0 N–H and O–H groups in total. The van der Waals surface area contributed by atoms with E-state index in [0.717, 1.165) is 22.4 Å². The fourth-order valence-electron chi connectivity index (χ4n) is 4.34. The maximum Gasteiger partial charge on any atom is 0.159 e. The summed E-state index contributed by atoms with van der Waals surface area (Å²) in [6.45, 7) is 9.46. The van der Waals surface area contributed by atoms with Crippen LogP contribution in [0.4, 0.5) is 0 Å². The first kappa shape index (κ1) is 17.9. The second-order valence-corrected chi connectivity index (χ2v) is 6.88. The molecule has 3 aromatic carbocycles. The molecule has 0 aliphatic heterocycles. The highest BCUT2D eigenvalue weighted by atomic mass is 16.1. The van der Waals surface area contributed by atoms with Gasteiger partial charge in [-0.3, -0.25) is 9.79 Å². The van der Waals surface area contributed by atoms with Crippen molar-refractivity contribution in [2.24, 2.45) is 4.99 Å². The van der Waals surface area contributed by atoms with E-state index >= 15 is 0 Å². The number of rotatable bonds is 5. The Morgan fingerprint density at radius 1 is 0.893 bits per heavy atom. The van der Waals surface area contributed by atoms with Gasteiger partial charge < -0.3 is 0 Å². The van der Waals surface area contributed by atoms with Crippen molar-refractivity contribution >= 4 is 11.5 Å². The molecule has 1 aliphatic rings. The third-order valence-electron chi connectivity index (χ3n) is 5.46. The highest BCUT2D eigenvalue weighted by Gasteiger charge is 2.47. The van der Waals surface area contributed by atoms with Crippen LogP contribution >= 0.6 is 0 Å². The molecule has 4 rings (SSSR count). The number of fused-ring (bicyclic) bond motifs is 3. The van der Waals surface area contributed by atoms with Crippen molar-refractivity contribution < 1.29 is 4.79 Å². The van der Waals surface area contributed by atoms with Crippen LogP contribution in [-0.4, -0.2) is 11.5 Å². The molecular formula is C26H21NO. The van der Waals surface area contributed by atoms with Crippen LogP contribution in [0.25, 0.3) is 11.1 Å². The molecule has 0 radical (unpaired) electrons. The van der Waals surface area contributed by atoms with Crippen molar-refractivity contribution in [1.82, 2.24) is 0 Å². The van der Waals surface area contributed by atoms with E-state index in [-0.39, 0.29) is 5.78 Å². The Labute approximate surface area is 165 Å². The van der Waals surface area contributed by atoms with Crippen molar-refractivity contribution in [3.05, 3.63) is 120 Å². The molecule has 2 heteroatoms. The number of carbonyl (C=O) groups excluding carboxylic acids is 1. The molecule has 0 amide bonds. The zero-order valence-corrected chi connectivity index (χ0v) is 15.9. The molecule has 0 aromatic heterocycles. The van der Waals surface area contributed by atoms with E-state index in [4.69, 9.17) is 0 Å². The van der Waals surface area contributed by atoms with Crippen molar-refractivity contribution in [1.29, 1.82) is 0 Å². The van der Waals surface area contributed by atoms with Gasteiger partial charge in [0.25, 0.3) is 0 Å². The van der Waals surface area contributed by atoms with Crippen LogP contribution in [-0.2, 0) is 5.41 Å². The lowest BCUT2D eigenvalue weighted by Crippen LogP contribution is -2.35. The molecule has 0 saturated heterocycles. The summed E-state index contributed by atoms with van der Waals surface area (Å²) in [5.41, 5.74) is 6.44. The van der Waals surface area contributed by atoms with Crippen molar-refractivity contribution in [2.45, 2.75) is 12.3 Å². The Morgan fingerprint density at radius 3 is 2.04 bits per heavy atom. The van der Waals surface area contributed by atoms with Gasteiger partial charge in [0.05, 0.1) is 11.1 Å². The predicted molar refractivity (Wildman–Crippen MR) is 116 cm³/mol. The fourth-order valence-corrected chi connectivity index (χ4v) is 4.34. The monoisotopic (exact) mass is 363 g/mol. The number of aliphatic imine (C=N–C) groups is 1. The van der Waals surface area contributed by atoms with E-state index in [1.54, 1.807) is 19.2 Å². The maximum absolute atomic E-state index is 12.1. The van der Waals surface area contributed by atoms with Crippen LogP contribution in [0.3, 0.4) is 0 Å². The van der Waals surface area contributed by atoms with Crippen LogP contribution in [0.15, 0.2) is 103 Å². The predicted octanol–water partition coefficient (Wildman–Crippen LogP) is 5.97. The average Bonchev–Trinajstić information content (AvgIpc) is 3.03. The third kappa shape index (κ3) is 2.42. The summed E-state index contributed by atoms with van der Waals surface area (Å²) in [6, 6.07) is 24.6. The molecule has 136 valence electrons. The van der Waals surface area contributed by atoms with Crippen LogP contribution < -0.4 is 0 Å². The Morgan fingerprint density at radius 2 is 1.50 bits per heavy atom. The lowest BCUT2D eigenvalue weighted by atomic mass is 9.68. The Kier molecular flexibility index (Phi) is 4.40. The van der Waals surface area contributed by atoms with Crippen molar-refractivity contribution in [3.8, 4) is 11.1 Å². The summed E-state index contributed by atoms with van der Waals surface area (Å²) >= 11 is 0. The second-order valence-electron chi connectivity index (χ2n) is 6.88. The first-order valence-electron chi connectivity index (χ1n) is 9.27. The number of allylic oxidation sites excluding steroid dienone is 1. The van der Waals surface area contributed by atoms with Gasteiger partial charge >= 0.3 is 0 Å². The van der Waals surface area contributed by atoms with Gasteiger partial charge in [0.2, 0.25) is 0 Å². The summed E-state index contributed by atoms with van der Waals surface area (Å²) in [6.07, 6.45) is 3.35. The molecule has 0 bridgehead atoms. The van der Waals surface area contributed by atoms with Crippen molar-refractivity contribution in [2.75, 3.05) is 0 Å². The van der Waals surface area contributed by atoms with Gasteiger partial charge in [-0.1, -0.05) is 79.9 Å². The summed E-state index contributed by atoms with van der Waals surface area (Å²) in [5, 5.41) is 0. The lowest BCUT2D eigenvalue weighted by Gasteiger charge is -2.33. The van der Waals surface area contributed by atoms with Crippen LogP contribution in [0.2, 0.25) is 0 Å². The normalized spacial score (nSPS) is 14.1. The van der Waals surface area contributed by atoms with Gasteiger partial charge in [0, 0.05) is 11.8 Å². The van der Waals surface area contributed by atoms with Gasteiger partial charge in [-0.15, -0.1) is 0 Å². The van der Waals surface area contributed by atoms with Gasteiger partial charge in [0.1, 0.15) is 0 Å². The number of ketones is 1. The molecule has 2 nitrogen and oxygen atoms in total. The number of nitrogens with zero attached hydrogens (tertiary/aromatic N) is 1. The number of carbonyl (C=O) groups is 1. The minimum Gasteiger partial charge on any atom is -0.295 e. The Hall–Kier alpha value is -3.52. The average molecular weight is 363 g/mol. The second kappa shape index (κ2) is 6.90. The lowest BCUT2D eigenvalue weighted by molar-refractivity contribution is 0.101. The Bertz CT molecular complexity index is 1090. The van der Waals surface area contributed by atoms with Gasteiger partial charge in [0.15, 0.2) is 5.78 Å². The molecule has 0 saturated carbocycles. The molecule has 0 fully saturated rings. The summed E-state index contributed by atoms with van der Waals surface area (Å²) in [5.74, 6) is 0.0392. The molecule has 0 unspecified atom stereocenters. The highest BCUT2D eigenvalue weighted by molar-refractivity contribution is 6.13. The summed E-state index contributed by atoms with van der Waals surface area (Å²) < 4.78 is 0. The van der Waals surface area contributed by atoms with E-state index in [1.165, 1.54) is 11.1 Å². The van der Waals surface area contributed by atoms with Gasteiger partial charge in [-0.05, 0) is 46.9 Å². The zero-order chi connectivity index (χ0) is 19.7. The van der Waals surface area contributed by atoms with Crippen molar-refractivity contribution in [3.63, 3.8) is 0 Å². The maximum atomic E-state index is 12.1. The van der Waals surface area contributed by atoms with Crippen LogP contribution in [0, 0.1) is 0 Å². The standard InChI is InChI=1S/C26H21NO/c1-4-25(27-5-2)26(20-12-10-11-19(17-20)18(3)28)23-15-8-6-13-21(23)22-14-7-9-16-24(22)26/h4-17H,1-2H2,3H3. The topological polar surface area (TPSA) is 29.4 Å². The van der Waals surface area contributed by atoms with Crippen LogP contribution in [0.5, 0.6) is 0 Å². The number of hydrogen-bond donors (Lipinski definition) is 0. The molecule has 0 atom stereocenters. The zero-order valence-electron chi connectivity index (χ0n) is 15.9. The van der Waals surface area contributed by atoms with E-state index in [9.17, 15) is 4.79 Å². The molecule has 3 aromatic rings. The van der Waals surface area contributed by atoms with Gasteiger partial charge in [-0.25, -0.2) is 0 Å². The number of Topliss-reactive ketones (excluding diaryl/α,β-unsaturated/α-hetero) is 1. The SMILES string of the molecule is C=CN=C(C=C)C1(c2cccc(C(C)=O)c2)c2ccccc2-c2ccccc21. The minimum atomic E-state index is -0.644. The molecule has 0 spiro atoms. The van der Waals surface area contributed by atoms with E-state index < -0.39 is 5.41 Å². The summed E-state index contributed by atoms with van der Waals surface area (Å²) in [4.78, 5) is 16.7. The molecule has 1 aliphatic carbocycles. The smallest absolute Gasteiger partial charge is 0.159 e. The largest absolute Gasteiger partial charge is 0.295 e. The molecule has 28 heavy (non-hydrogen) atoms. The minimum absolute atomic E-state index is 0.0392. The quantitative estimate of drug-likeness (QED) is 0.405. The molecule has 0 heterocycles. The number of benzene rings is 3.